The van der Waals surface area contributed by atoms with E-state index in [1.165, 1.54) is 23.9 Å². The minimum absolute atomic E-state index is 0.0215. The molecule has 11 heteroatoms. The summed E-state index contributed by atoms with van der Waals surface area (Å²) in [5.41, 5.74) is -1.81. The van der Waals surface area contributed by atoms with Crippen LogP contribution in [0.5, 0.6) is 11.5 Å². The monoisotopic (exact) mass is 538 g/mol. The Morgan fingerprint density at radius 3 is 2.42 bits per heavy atom. The predicted molar refractivity (Wildman–Crippen MR) is 132 cm³/mol. The number of alkyl halides is 3. The van der Waals surface area contributed by atoms with Crippen LogP contribution < -0.4 is 19.5 Å². The Bertz CT molecular complexity index is 1320. The molecule has 3 aromatic rings. The van der Waals surface area contributed by atoms with E-state index >= 15 is 0 Å². The van der Waals surface area contributed by atoms with Crippen LogP contribution in [-0.4, -0.2) is 34.2 Å². The molecule has 0 radical (unpaired) electrons. The van der Waals surface area contributed by atoms with Crippen molar-refractivity contribution in [3.8, 4) is 11.5 Å². The summed E-state index contributed by atoms with van der Waals surface area (Å²) < 4.78 is 79.9. The standard InChI is InChI=1S/C25H25F3N2O4S2/c1-24(12-13-29-16-24)34-23-14-17(6-11-22(23)25(26,27)28)30-36(31,32)21-9-7-19(8-10-21)35-20-5-3-4-18(15-20)33-2/h3-11,14-15,29-30H,12-13,16H2,1-2H3/t24-/m1/s1. The summed E-state index contributed by atoms with van der Waals surface area (Å²) in [6.07, 6.45) is -4.12. The molecule has 1 saturated heterocycles. The van der Waals surface area contributed by atoms with Gasteiger partial charge in [0, 0.05) is 28.8 Å². The third-order valence-corrected chi connectivity index (χ3v) is 8.03. The number of rotatable bonds is 8. The Kier molecular flexibility index (Phi) is 7.44. The van der Waals surface area contributed by atoms with E-state index in [-0.39, 0.29) is 10.6 Å². The average molecular weight is 539 g/mol. The first-order valence-electron chi connectivity index (χ1n) is 11.0. The lowest BCUT2D eigenvalue weighted by Crippen LogP contribution is -2.35. The van der Waals surface area contributed by atoms with Crippen LogP contribution in [0.15, 0.2) is 81.4 Å². The highest BCUT2D eigenvalue weighted by Crippen LogP contribution is 2.40. The van der Waals surface area contributed by atoms with E-state index in [1.807, 2.05) is 24.3 Å². The summed E-state index contributed by atoms with van der Waals surface area (Å²) in [6, 6.07) is 16.6. The van der Waals surface area contributed by atoms with Crippen molar-refractivity contribution in [3.05, 3.63) is 72.3 Å². The lowest BCUT2D eigenvalue weighted by atomic mass is 10.1. The van der Waals surface area contributed by atoms with Crippen molar-refractivity contribution < 1.29 is 31.1 Å². The molecule has 1 atom stereocenters. The molecule has 3 aromatic carbocycles. The Morgan fingerprint density at radius 1 is 1.03 bits per heavy atom. The molecule has 6 nitrogen and oxygen atoms in total. The minimum atomic E-state index is -4.65. The van der Waals surface area contributed by atoms with Gasteiger partial charge in [0.15, 0.2) is 0 Å². The van der Waals surface area contributed by atoms with Crippen molar-refractivity contribution in [2.24, 2.45) is 0 Å². The fourth-order valence-electron chi connectivity index (χ4n) is 3.75. The Morgan fingerprint density at radius 2 is 1.78 bits per heavy atom. The van der Waals surface area contributed by atoms with E-state index < -0.39 is 33.1 Å². The maximum absolute atomic E-state index is 13.6. The van der Waals surface area contributed by atoms with E-state index in [9.17, 15) is 21.6 Å². The summed E-state index contributed by atoms with van der Waals surface area (Å²) in [5, 5.41) is 3.07. The van der Waals surface area contributed by atoms with Crippen molar-refractivity contribution in [2.75, 3.05) is 24.9 Å². The molecule has 1 aliphatic rings. The predicted octanol–water partition coefficient (Wildman–Crippen LogP) is 5.80. The molecule has 0 saturated carbocycles. The zero-order chi connectivity index (χ0) is 26.0. The number of anilines is 1. The number of hydrogen-bond acceptors (Lipinski definition) is 6. The Balaban J connectivity index is 1.54. The van der Waals surface area contributed by atoms with Crippen molar-refractivity contribution in [2.45, 2.75) is 39.8 Å². The maximum Gasteiger partial charge on any atom is 0.419 e. The van der Waals surface area contributed by atoms with Crippen LogP contribution >= 0.6 is 11.8 Å². The first kappa shape index (κ1) is 26.2. The van der Waals surface area contributed by atoms with E-state index in [2.05, 4.69) is 10.0 Å². The van der Waals surface area contributed by atoms with Gasteiger partial charge in [0.05, 0.1) is 23.3 Å². The molecule has 0 aliphatic carbocycles. The van der Waals surface area contributed by atoms with Gasteiger partial charge in [-0.05, 0) is 68.1 Å². The number of methoxy groups -OCH3 is 1. The van der Waals surface area contributed by atoms with E-state index in [1.54, 1.807) is 26.2 Å². The van der Waals surface area contributed by atoms with Crippen LogP contribution in [0.3, 0.4) is 0 Å². The van der Waals surface area contributed by atoms with Crippen molar-refractivity contribution >= 4 is 27.5 Å². The quantitative estimate of drug-likeness (QED) is 0.378. The van der Waals surface area contributed by atoms with Gasteiger partial charge in [-0.3, -0.25) is 4.72 Å². The number of halogens is 3. The smallest absolute Gasteiger partial charge is 0.419 e. The topological polar surface area (TPSA) is 76.7 Å². The van der Waals surface area contributed by atoms with Crippen LogP contribution in [0, 0.1) is 0 Å². The van der Waals surface area contributed by atoms with Crippen LogP contribution in [0.2, 0.25) is 0 Å². The van der Waals surface area contributed by atoms with Gasteiger partial charge in [-0.2, -0.15) is 13.2 Å². The third kappa shape index (κ3) is 6.26. The SMILES string of the molecule is COc1cccc(Sc2ccc(S(=O)(=O)Nc3ccc(C(F)(F)F)c(O[C@]4(C)CCNC4)c3)cc2)c1. The van der Waals surface area contributed by atoms with Gasteiger partial charge in [0.1, 0.15) is 17.1 Å². The highest BCUT2D eigenvalue weighted by molar-refractivity contribution is 7.99. The zero-order valence-corrected chi connectivity index (χ0v) is 21.2. The summed E-state index contributed by atoms with van der Waals surface area (Å²) in [7, 11) is -2.47. The van der Waals surface area contributed by atoms with Gasteiger partial charge in [-0.15, -0.1) is 0 Å². The lowest BCUT2D eigenvalue weighted by Gasteiger charge is -2.27. The molecule has 4 rings (SSSR count). The summed E-state index contributed by atoms with van der Waals surface area (Å²) >= 11 is 1.44. The average Bonchev–Trinajstić information content (AvgIpc) is 3.24. The van der Waals surface area contributed by atoms with Crippen LogP contribution in [0.1, 0.15) is 18.9 Å². The summed E-state index contributed by atoms with van der Waals surface area (Å²) in [6.45, 7) is 2.73. The Hall–Kier alpha value is -2.89. The second-order valence-corrected chi connectivity index (χ2v) is 11.4. The molecular weight excluding hydrogens is 513 g/mol. The molecule has 1 fully saturated rings. The molecule has 0 unspecified atom stereocenters. The van der Waals surface area contributed by atoms with Gasteiger partial charge in [-0.1, -0.05) is 17.8 Å². The second-order valence-electron chi connectivity index (χ2n) is 8.55. The second kappa shape index (κ2) is 10.2. The summed E-state index contributed by atoms with van der Waals surface area (Å²) in [5.74, 6) is 0.292. The number of sulfonamides is 1. The minimum Gasteiger partial charge on any atom is -0.497 e. The highest BCUT2D eigenvalue weighted by Gasteiger charge is 2.38. The van der Waals surface area contributed by atoms with Gasteiger partial charge < -0.3 is 14.8 Å². The van der Waals surface area contributed by atoms with Crippen LogP contribution in [0.25, 0.3) is 0 Å². The largest absolute Gasteiger partial charge is 0.497 e. The van der Waals surface area contributed by atoms with Gasteiger partial charge in [0.2, 0.25) is 0 Å². The molecule has 0 bridgehead atoms. The first-order chi connectivity index (χ1) is 17.0. The number of nitrogens with one attached hydrogen (secondary N) is 2. The van der Waals surface area contributed by atoms with E-state index in [0.29, 0.717) is 25.3 Å². The molecule has 0 aromatic heterocycles. The number of ether oxygens (including phenoxy) is 2. The van der Waals surface area contributed by atoms with Gasteiger partial charge in [0.25, 0.3) is 10.0 Å². The third-order valence-electron chi connectivity index (χ3n) is 5.64. The van der Waals surface area contributed by atoms with Gasteiger partial charge in [-0.25, -0.2) is 8.42 Å². The molecular formula is C25H25F3N2O4S2. The van der Waals surface area contributed by atoms with Crippen molar-refractivity contribution in [1.82, 2.24) is 5.32 Å². The fraction of sp³-hybridized carbons (Fsp3) is 0.280. The van der Waals surface area contributed by atoms with E-state index in [4.69, 9.17) is 9.47 Å². The zero-order valence-electron chi connectivity index (χ0n) is 19.6. The van der Waals surface area contributed by atoms with Crippen molar-refractivity contribution in [3.63, 3.8) is 0 Å². The fourth-order valence-corrected chi connectivity index (χ4v) is 5.67. The highest BCUT2D eigenvalue weighted by atomic mass is 32.2. The van der Waals surface area contributed by atoms with Crippen LogP contribution in [-0.2, 0) is 16.2 Å². The molecule has 2 N–H and O–H groups in total. The van der Waals surface area contributed by atoms with Gasteiger partial charge >= 0.3 is 6.18 Å². The molecule has 0 spiro atoms. The Labute approximate surface area is 212 Å². The normalized spacial score (nSPS) is 18.1. The number of hydrogen-bond donors (Lipinski definition) is 2. The number of benzene rings is 3. The summed E-state index contributed by atoms with van der Waals surface area (Å²) in [4.78, 5) is 1.71. The molecule has 0 amide bonds. The van der Waals surface area contributed by atoms with Crippen molar-refractivity contribution in [1.29, 1.82) is 0 Å². The lowest BCUT2D eigenvalue weighted by molar-refractivity contribution is -0.139. The molecule has 192 valence electrons. The molecule has 1 aliphatic heterocycles. The molecule has 36 heavy (non-hydrogen) atoms. The molecule has 1 heterocycles. The van der Waals surface area contributed by atoms with E-state index in [0.717, 1.165) is 28.0 Å². The maximum atomic E-state index is 13.6. The first-order valence-corrected chi connectivity index (χ1v) is 13.3. The van der Waals surface area contributed by atoms with Crippen LogP contribution in [0.4, 0.5) is 18.9 Å².